The molecule has 1 aromatic rings. The zero-order valence-corrected chi connectivity index (χ0v) is 11.8. The highest BCUT2D eigenvalue weighted by molar-refractivity contribution is 6.33. The molecule has 0 aliphatic carbocycles. The molecule has 4 nitrogen and oxygen atoms in total. The highest BCUT2D eigenvalue weighted by Gasteiger charge is 2.11. The first-order chi connectivity index (χ1) is 8.45. The highest BCUT2D eigenvalue weighted by Crippen LogP contribution is 2.28. The number of nitrogens with zero attached hydrogens (tertiary/aromatic N) is 1. The monoisotopic (exact) mass is 269 g/mol. The van der Waals surface area contributed by atoms with Crippen LogP contribution in [0.25, 0.3) is 0 Å². The first kappa shape index (κ1) is 14.6. The summed E-state index contributed by atoms with van der Waals surface area (Å²) in [5.41, 5.74) is 8.20. The van der Waals surface area contributed by atoms with Crippen molar-refractivity contribution in [2.45, 2.75) is 20.3 Å². The van der Waals surface area contributed by atoms with Gasteiger partial charge in [-0.1, -0.05) is 18.5 Å². The number of aryl methyl sites for hydroxylation is 1. The molecule has 0 heterocycles. The predicted molar refractivity (Wildman–Crippen MR) is 77.2 cm³/mol. The van der Waals surface area contributed by atoms with Crippen molar-refractivity contribution in [3.8, 4) is 0 Å². The number of hydrogen-bond donors (Lipinski definition) is 2. The van der Waals surface area contributed by atoms with E-state index >= 15 is 0 Å². The summed E-state index contributed by atoms with van der Waals surface area (Å²) in [6.45, 7) is 4.98. The maximum Gasteiger partial charge on any atom is 0.239 e. The average Bonchev–Trinajstić information content (AvgIpc) is 2.31. The summed E-state index contributed by atoms with van der Waals surface area (Å²) in [6, 6.07) is 3.61. The molecule has 0 saturated heterocycles. The maximum absolute atomic E-state index is 11.6. The third-order valence-electron chi connectivity index (χ3n) is 2.68. The number of nitrogen functional groups attached to an aromatic ring is 1. The molecule has 0 bridgehead atoms. The number of carbonyl (C=O) groups excluding carboxylic acids is 1. The van der Waals surface area contributed by atoms with E-state index in [1.165, 1.54) is 0 Å². The van der Waals surface area contributed by atoms with Crippen LogP contribution in [0.5, 0.6) is 0 Å². The molecule has 3 N–H and O–H groups in total. The van der Waals surface area contributed by atoms with Crippen LogP contribution in [-0.2, 0) is 4.79 Å². The van der Waals surface area contributed by atoms with Crippen LogP contribution in [0.1, 0.15) is 18.9 Å². The number of halogens is 1. The molecule has 0 atom stereocenters. The summed E-state index contributed by atoms with van der Waals surface area (Å²) < 4.78 is 0. The van der Waals surface area contributed by atoms with Crippen molar-refractivity contribution in [1.29, 1.82) is 0 Å². The normalized spacial score (nSPS) is 10.2. The molecule has 1 aromatic carbocycles. The van der Waals surface area contributed by atoms with E-state index in [9.17, 15) is 4.79 Å². The van der Waals surface area contributed by atoms with Crippen molar-refractivity contribution < 1.29 is 4.79 Å². The molecule has 0 unspecified atom stereocenters. The van der Waals surface area contributed by atoms with Gasteiger partial charge in [0.2, 0.25) is 5.91 Å². The van der Waals surface area contributed by atoms with Crippen LogP contribution in [0, 0.1) is 6.92 Å². The summed E-state index contributed by atoms with van der Waals surface area (Å²) >= 11 is 6.00. The van der Waals surface area contributed by atoms with Gasteiger partial charge in [0.05, 0.1) is 17.3 Å². The van der Waals surface area contributed by atoms with Gasteiger partial charge in [-0.3, -0.25) is 4.79 Å². The van der Waals surface area contributed by atoms with Gasteiger partial charge in [-0.05, 0) is 31.0 Å². The lowest BCUT2D eigenvalue weighted by molar-refractivity contribution is -0.119. The van der Waals surface area contributed by atoms with Gasteiger partial charge < -0.3 is 16.0 Å². The molecular weight excluding hydrogens is 250 g/mol. The SMILES string of the molecule is CCCNC(=O)CN(C)c1cc(Cl)c(N)cc1C. The third kappa shape index (κ3) is 3.81. The number of likely N-dealkylation sites (N-methyl/N-ethyl adjacent to an activating group) is 1. The lowest BCUT2D eigenvalue weighted by atomic mass is 10.1. The molecule has 18 heavy (non-hydrogen) atoms. The van der Waals surface area contributed by atoms with Gasteiger partial charge in [-0.25, -0.2) is 0 Å². The largest absolute Gasteiger partial charge is 0.398 e. The third-order valence-corrected chi connectivity index (χ3v) is 3.01. The number of amides is 1. The molecule has 100 valence electrons. The van der Waals surface area contributed by atoms with Crippen LogP contribution in [0.4, 0.5) is 11.4 Å². The number of hydrogen-bond acceptors (Lipinski definition) is 3. The molecule has 0 saturated carbocycles. The Balaban J connectivity index is 2.75. The molecule has 0 spiro atoms. The Morgan fingerprint density at radius 3 is 2.78 bits per heavy atom. The fourth-order valence-corrected chi connectivity index (χ4v) is 1.88. The van der Waals surface area contributed by atoms with Gasteiger partial charge >= 0.3 is 0 Å². The Bertz CT molecular complexity index is 434. The van der Waals surface area contributed by atoms with Gasteiger partial charge in [0.1, 0.15) is 0 Å². The number of benzene rings is 1. The molecule has 1 rings (SSSR count). The van der Waals surface area contributed by atoms with Crippen LogP contribution in [0.3, 0.4) is 0 Å². The summed E-state index contributed by atoms with van der Waals surface area (Å²) in [5, 5.41) is 3.35. The van der Waals surface area contributed by atoms with Crippen molar-refractivity contribution >= 4 is 28.9 Å². The molecule has 5 heteroatoms. The second-order valence-corrected chi connectivity index (χ2v) is 4.77. The van der Waals surface area contributed by atoms with Crippen LogP contribution in [-0.4, -0.2) is 26.0 Å². The summed E-state index contributed by atoms with van der Waals surface area (Å²) in [7, 11) is 1.86. The van der Waals surface area contributed by atoms with Crippen LogP contribution in [0.15, 0.2) is 12.1 Å². The van der Waals surface area contributed by atoms with Crippen LogP contribution >= 0.6 is 11.6 Å². The fraction of sp³-hybridized carbons (Fsp3) is 0.462. The fourth-order valence-electron chi connectivity index (χ4n) is 1.73. The number of nitrogens with two attached hydrogens (primary N) is 1. The molecule has 1 amide bonds. The Morgan fingerprint density at radius 1 is 1.50 bits per heavy atom. The zero-order chi connectivity index (χ0) is 13.7. The number of carbonyl (C=O) groups is 1. The average molecular weight is 270 g/mol. The van der Waals surface area contributed by atoms with E-state index < -0.39 is 0 Å². The van der Waals surface area contributed by atoms with E-state index in [1.54, 1.807) is 6.07 Å². The molecule has 0 aliphatic rings. The predicted octanol–water partition coefficient (Wildman–Crippen LogP) is 2.19. The van der Waals surface area contributed by atoms with E-state index in [0.29, 0.717) is 23.8 Å². The molecule has 0 aromatic heterocycles. The molecular formula is C13H20ClN3O. The highest BCUT2D eigenvalue weighted by atomic mass is 35.5. The first-order valence-corrected chi connectivity index (χ1v) is 6.37. The number of rotatable bonds is 5. The van der Waals surface area contributed by atoms with Crippen molar-refractivity contribution in [1.82, 2.24) is 5.32 Å². The first-order valence-electron chi connectivity index (χ1n) is 5.99. The van der Waals surface area contributed by atoms with Crippen LogP contribution in [0.2, 0.25) is 5.02 Å². The summed E-state index contributed by atoms with van der Waals surface area (Å²) in [6.07, 6.45) is 0.933. The van der Waals surface area contributed by atoms with Crippen molar-refractivity contribution in [3.05, 3.63) is 22.7 Å². The molecule has 0 radical (unpaired) electrons. The van der Waals surface area contributed by atoms with E-state index in [0.717, 1.165) is 17.7 Å². The molecule has 0 fully saturated rings. The van der Waals surface area contributed by atoms with Gasteiger partial charge in [0.15, 0.2) is 0 Å². The lowest BCUT2D eigenvalue weighted by Crippen LogP contribution is -2.35. The van der Waals surface area contributed by atoms with Crippen molar-refractivity contribution in [2.24, 2.45) is 0 Å². The standard InChI is InChI=1S/C13H20ClN3O/c1-4-5-16-13(18)8-17(3)12-7-10(14)11(15)6-9(12)2/h6-7H,4-5,8,15H2,1-3H3,(H,16,18). The van der Waals surface area contributed by atoms with Crippen molar-refractivity contribution in [3.63, 3.8) is 0 Å². The van der Waals surface area contributed by atoms with E-state index in [1.807, 2.05) is 31.9 Å². The second-order valence-electron chi connectivity index (χ2n) is 4.37. The summed E-state index contributed by atoms with van der Waals surface area (Å²) in [5.74, 6) is 0.00620. The maximum atomic E-state index is 11.6. The minimum atomic E-state index is 0.00620. The van der Waals surface area contributed by atoms with Gasteiger partial charge in [0, 0.05) is 19.3 Å². The minimum absolute atomic E-state index is 0.00620. The summed E-state index contributed by atoms with van der Waals surface area (Å²) in [4.78, 5) is 13.5. The van der Waals surface area contributed by atoms with Crippen LogP contribution < -0.4 is 16.0 Å². The van der Waals surface area contributed by atoms with E-state index in [4.69, 9.17) is 17.3 Å². The Kier molecular flexibility index (Phi) is 5.28. The van der Waals surface area contributed by atoms with E-state index in [-0.39, 0.29) is 5.91 Å². The quantitative estimate of drug-likeness (QED) is 0.806. The Labute approximate surface area is 113 Å². The van der Waals surface area contributed by atoms with Crippen molar-refractivity contribution in [2.75, 3.05) is 30.8 Å². The Morgan fingerprint density at radius 2 is 2.17 bits per heavy atom. The number of anilines is 2. The number of nitrogens with one attached hydrogen (secondary N) is 1. The minimum Gasteiger partial charge on any atom is -0.398 e. The molecule has 0 aliphatic heterocycles. The topological polar surface area (TPSA) is 58.4 Å². The zero-order valence-electron chi connectivity index (χ0n) is 11.1. The van der Waals surface area contributed by atoms with Gasteiger partial charge in [-0.15, -0.1) is 0 Å². The van der Waals surface area contributed by atoms with E-state index in [2.05, 4.69) is 5.32 Å². The second kappa shape index (κ2) is 6.50. The van der Waals surface area contributed by atoms with Gasteiger partial charge in [0.25, 0.3) is 0 Å². The smallest absolute Gasteiger partial charge is 0.239 e. The Hall–Kier alpha value is -1.42. The lowest BCUT2D eigenvalue weighted by Gasteiger charge is -2.21. The van der Waals surface area contributed by atoms with Gasteiger partial charge in [-0.2, -0.15) is 0 Å².